The van der Waals surface area contributed by atoms with Gasteiger partial charge in [0.15, 0.2) is 6.61 Å². The number of rotatable bonds is 6. The van der Waals surface area contributed by atoms with Crippen molar-refractivity contribution in [2.75, 3.05) is 6.61 Å². The third kappa shape index (κ3) is 3.41. The van der Waals surface area contributed by atoms with Gasteiger partial charge in [-0.2, -0.15) is 0 Å². The first kappa shape index (κ1) is 20.4. The number of aromatic nitrogens is 2. The van der Waals surface area contributed by atoms with E-state index in [1.165, 1.54) is 6.20 Å². The van der Waals surface area contributed by atoms with Gasteiger partial charge in [-0.05, 0) is 28.3 Å². The number of hydrogen-bond donors (Lipinski definition) is 2. The zero-order valence-corrected chi connectivity index (χ0v) is 17.4. The molecule has 2 aromatic carbocycles. The van der Waals surface area contributed by atoms with E-state index in [-0.39, 0.29) is 11.4 Å². The molecule has 0 bridgehead atoms. The number of benzene rings is 2. The first-order valence-corrected chi connectivity index (χ1v) is 10.3. The number of aliphatic carboxylic acids is 1. The number of nitrogens with two attached hydrogens (primary N) is 1. The molecule has 3 N–H and O–H groups in total. The van der Waals surface area contributed by atoms with Crippen LogP contribution in [0.3, 0.4) is 0 Å². The summed E-state index contributed by atoms with van der Waals surface area (Å²) in [4.78, 5) is 40.0. The van der Waals surface area contributed by atoms with Crippen molar-refractivity contribution in [3.8, 4) is 17.0 Å². The maximum Gasteiger partial charge on any atom is 0.341 e. The van der Waals surface area contributed by atoms with Crippen molar-refractivity contribution in [1.82, 2.24) is 9.55 Å². The highest BCUT2D eigenvalue weighted by atomic mass is 16.5. The van der Waals surface area contributed by atoms with Gasteiger partial charge in [0, 0.05) is 24.9 Å². The van der Waals surface area contributed by atoms with Crippen LogP contribution in [0.4, 0.5) is 0 Å². The van der Waals surface area contributed by atoms with Crippen molar-refractivity contribution in [3.63, 3.8) is 0 Å². The first-order chi connectivity index (χ1) is 16.0. The van der Waals surface area contributed by atoms with Gasteiger partial charge in [0.2, 0.25) is 5.88 Å². The number of Topliss-reactive ketones (excluding diaryl/α,β-unsaturated/α-hetero) is 1. The van der Waals surface area contributed by atoms with Crippen molar-refractivity contribution in [2.24, 2.45) is 5.73 Å². The van der Waals surface area contributed by atoms with Crippen molar-refractivity contribution in [1.29, 1.82) is 0 Å². The van der Waals surface area contributed by atoms with Gasteiger partial charge in [-0.25, -0.2) is 9.78 Å². The molecule has 0 aliphatic carbocycles. The molecule has 1 amide bonds. The number of hydrogen-bond acceptors (Lipinski definition) is 5. The standard InChI is InChI=1S/C25H19N3O5/c26-24(32)23(31)21-19-11-15-7-4-8-16(14-5-2-1-3-6-14)17(15)12-28(19)18-9-10-27-25(22(18)21)33-13-20(29)30/h1-10H,11-13H2,(H2,26,32)(H,29,30). The lowest BCUT2D eigenvalue weighted by Crippen LogP contribution is -2.25. The monoisotopic (exact) mass is 441 g/mol. The summed E-state index contributed by atoms with van der Waals surface area (Å²) in [7, 11) is 0. The number of carbonyl (C=O) groups excluding carboxylic acids is 2. The Labute approximate surface area is 188 Å². The molecule has 2 aromatic heterocycles. The Bertz CT molecular complexity index is 1440. The molecule has 1 aliphatic rings. The van der Waals surface area contributed by atoms with E-state index in [0.29, 0.717) is 29.6 Å². The molecule has 1 aliphatic heterocycles. The Morgan fingerprint density at radius 2 is 1.85 bits per heavy atom. The van der Waals surface area contributed by atoms with Gasteiger partial charge >= 0.3 is 5.97 Å². The van der Waals surface area contributed by atoms with E-state index in [2.05, 4.69) is 11.1 Å². The third-order valence-electron chi connectivity index (χ3n) is 5.86. The smallest absolute Gasteiger partial charge is 0.341 e. The molecule has 4 aromatic rings. The predicted octanol–water partition coefficient (Wildman–Crippen LogP) is 2.79. The summed E-state index contributed by atoms with van der Waals surface area (Å²) in [5.74, 6) is -3.15. The number of ether oxygens (including phenoxy) is 1. The highest BCUT2D eigenvalue weighted by molar-refractivity contribution is 6.45. The minimum atomic E-state index is -1.18. The van der Waals surface area contributed by atoms with Gasteiger partial charge in [-0.15, -0.1) is 0 Å². The molecule has 0 unspecified atom stereocenters. The summed E-state index contributed by atoms with van der Waals surface area (Å²) in [5.41, 5.74) is 11.0. The van der Waals surface area contributed by atoms with Crippen LogP contribution in [0.15, 0.2) is 60.8 Å². The molecule has 164 valence electrons. The zero-order valence-electron chi connectivity index (χ0n) is 17.4. The lowest BCUT2D eigenvalue weighted by Gasteiger charge is -2.24. The van der Waals surface area contributed by atoms with E-state index >= 15 is 0 Å². The van der Waals surface area contributed by atoms with Gasteiger partial charge in [0.05, 0.1) is 16.5 Å². The molecule has 3 heterocycles. The van der Waals surface area contributed by atoms with Crippen LogP contribution in [-0.4, -0.2) is 38.9 Å². The maximum atomic E-state index is 12.9. The van der Waals surface area contributed by atoms with Gasteiger partial charge in [-0.3, -0.25) is 9.59 Å². The van der Waals surface area contributed by atoms with Crippen LogP contribution in [0.5, 0.6) is 5.88 Å². The predicted molar refractivity (Wildman–Crippen MR) is 120 cm³/mol. The fourth-order valence-electron chi connectivity index (χ4n) is 4.50. The van der Waals surface area contributed by atoms with E-state index in [0.717, 1.165) is 22.3 Å². The molecule has 0 spiro atoms. The lowest BCUT2D eigenvalue weighted by atomic mass is 9.90. The topological polar surface area (TPSA) is 125 Å². The van der Waals surface area contributed by atoms with Crippen molar-refractivity contribution in [2.45, 2.75) is 13.0 Å². The van der Waals surface area contributed by atoms with E-state index in [9.17, 15) is 14.4 Å². The normalized spacial score (nSPS) is 12.1. The van der Waals surface area contributed by atoms with Crippen LogP contribution < -0.4 is 10.5 Å². The average Bonchev–Trinajstić information content (AvgIpc) is 3.14. The van der Waals surface area contributed by atoms with Gasteiger partial charge in [0.25, 0.3) is 11.7 Å². The number of ketones is 1. The number of primary amides is 1. The molecular formula is C25H19N3O5. The van der Waals surface area contributed by atoms with E-state index in [4.69, 9.17) is 15.6 Å². The highest BCUT2D eigenvalue weighted by Crippen LogP contribution is 2.39. The second-order valence-electron chi connectivity index (χ2n) is 7.78. The molecule has 5 rings (SSSR count). The Morgan fingerprint density at radius 3 is 2.58 bits per heavy atom. The van der Waals surface area contributed by atoms with E-state index in [1.807, 2.05) is 47.0 Å². The molecule has 0 fully saturated rings. The van der Waals surface area contributed by atoms with Gasteiger partial charge < -0.3 is 20.1 Å². The second-order valence-corrected chi connectivity index (χ2v) is 7.78. The summed E-state index contributed by atoms with van der Waals surface area (Å²) < 4.78 is 7.32. The number of amides is 1. The number of nitrogens with zero attached hydrogens (tertiary/aromatic N) is 2. The summed E-state index contributed by atoms with van der Waals surface area (Å²) in [5, 5.41) is 9.33. The molecule has 0 radical (unpaired) electrons. The zero-order chi connectivity index (χ0) is 23.1. The first-order valence-electron chi connectivity index (χ1n) is 10.3. The summed E-state index contributed by atoms with van der Waals surface area (Å²) in [6.45, 7) is -0.171. The fraction of sp³-hybridized carbons (Fsp3) is 0.120. The Balaban J connectivity index is 1.73. The Morgan fingerprint density at radius 1 is 1.06 bits per heavy atom. The average molecular weight is 441 g/mol. The Kier molecular flexibility index (Phi) is 4.90. The summed E-state index contributed by atoms with van der Waals surface area (Å²) in [6.07, 6.45) is 1.89. The molecular weight excluding hydrogens is 422 g/mol. The van der Waals surface area contributed by atoms with E-state index in [1.54, 1.807) is 6.07 Å². The van der Waals surface area contributed by atoms with Gasteiger partial charge in [0.1, 0.15) is 0 Å². The number of fused-ring (bicyclic) bond motifs is 4. The molecule has 0 saturated heterocycles. The lowest BCUT2D eigenvalue weighted by molar-refractivity contribution is -0.139. The highest BCUT2D eigenvalue weighted by Gasteiger charge is 2.32. The van der Waals surface area contributed by atoms with Crippen molar-refractivity contribution >= 4 is 28.6 Å². The van der Waals surface area contributed by atoms with E-state index < -0.39 is 24.3 Å². The van der Waals surface area contributed by atoms with Crippen LogP contribution >= 0.6 is 0 Å². The molecule has 0 saturated carbocycles. The summed E-state index contributed by atoms with van der Waals surface area (Å²) >= 11 is 0. The molecule has 33 heavy (non-hydrogen) atoms. The number of carboxylic acids is 1. The summed E-state index contributed by atoms with van der Waals surface area (Å²) in [6, 6.07) is 17.8. The Hall–Kier alpha value is -4.46. The van der Waals surface area contributed by atoms with Crippen LogP contribution in [0.25, 0.3) is 22.0 Å². The SMILES string of the molecule is NC(=O)C(=O)c1c2n(c3ccnc(OCC(=O)O)c13)Cc1c(cccc1-c1ccccc1)C2. The number of pyridine rings is 1. The minimum Gasteiger partial charge on any atom is -0.479 e. The number of carboxylic acid groups (broad SMARTS) is 1. The molecule has 8 nitrogen and oxygen atoms in total. The fourth-order valence-corrected chi connectivity index (χ4v) is 4.50. The quantitative estimate of drug-likeness (QED) is 0.308. The van der Waals surface area contributed by atoms with Crippen LogP contribution in [-0.2, 0) is 22.6 Å². The van der Waals surface area contributed by atoms with Crippen molar-refractivity contribution in [3.05, 3.63) is 83.2 Å². The third-order valence-corrected chi connectivity index (χ3v) is 5.86. The maximum absolute atomic E-state index is 12.9. The van der Waals surface area contributed by atoms with Crippen LogP contribution in [0.2, 0.25) is 0 Å². The van der Waals surface area contributed by atoms with Gasteiger partial charge in [-0.1, -0.05) is 48.5 Å². The van der Waals surface area contributed by atoms with Crippen molar-refractivity contribution < 1.29 is 24.2 Å². The van der Waals surface area contributed by atoms with Crippen LogP contribution in [0.1, 0.15) is 27.2 Å². The van der Waals surface area contributed by atoms with Crippen LogP contribution in [0, 0.1) is 0 Å². The molecule has 8 heteroatoms. The number of carbonyl (C=O) groups is 3. The largest absolute Gasteiger partial charge is 0.479 e. The second kappa shape index (κ2) is 7.90. The minimum absolute atomic E-state index is 0.0197. The molecule has 0 atom stereocenters.